The Kier molecular flexibility index (Phi) is 4.66. The van der Waals surface area contributed by atoms with E-state index in [4.69, 9.17) is 0 Å². The minimum Gasteiger partial charge on any atom is -0.395 e. The summed E-state index contributed by atoms with van der Waals surface area (Å²) in [6.45, 7) is 2.09. The molecule has 0 spiro atoms. The fourth-order valence-electron chi connectivity index (χ4n) is 3.01. The molecule has 1 aliphatic heterocycles. The summed E-state index contributed by atoms with van der Waals surface area (Å²) in [5, 5.41) is 12.7. The van der Waals surface area contributed by atoms with Crippen molar-refractivity contribution in [3.8, 4) is 0 Å². The number of halogens is 1. The smallest absolute Gasteiger partial charge is 0.270 e. The molecule has 5 nitrogen and oxygen atoms in total. The molecule has 1 unspecified atom stereocenters. The SMILES string of the molecule is O=C(c1cc(Br)cn1C1CC1)N(CCO)CC1CCCN1. The maximum absolute atomic E-state index is 12.8. The summed E-state index contributed by atoms with van der Waals surface area (Å²) in [7, 11) is 0. The van der Waals surface area contributed by atoms with Gasteiger partial charge in [0, 0.05) is 35.8 Å². The van der Waals surface area contributed by atoms with E-state index in [1.807, 2.05) is 12.3 Å². The van der Waals surface area contributed by atoms with Crippen molar-refractivity contribution >= 4 is 21.8 Å². The van der Waals surface area contributed by atoms with Gasteiger partial charge in [-0.3, -0.25) is 4.79 Å². The second-order valence-electron chi connectivity index (χ2n) is 5.95. The Bertz CT molecular complexity index is 507. The molecule has 1 saturated carbocycles. The first kappa shape index (κ1) is 15.1. The lowest BCUT2D eigenvalue weighted by molar-refractivity contribution is 0.0695. The van der Waals surface area contributed by atoms with Gasteiger partial charge in [0.2, 0.25) is 0 Å². The summed E-state index contributed by atoms with van der Waals surface area (Å²) in [4.78, 5) is 14.6. The van der Waals surface area contributed by atoms with Crippen molar-refractivity contribution < 1.29 is 9.90 Å². The van der Waals surface area contributed by atoms with E-state index < -0.39 is 0 Å². The molecule has 1 amide bonds. The van der Waals surface area contributed by atoms with Crippen LogP contribution in [0.2, 0.25) is 0 Å². The number of rotatable bonds is 6. The molecule has 2 N–H and O–H groups in total. The molecule has 116 valence electrons. The van der Waals surface area contributed by atoms with Crippen LogP contribution < -0.4 is 5.32 Å². The molecular weight excluding hydrogens is 334 g/mol. The second kappa shape index (κ2) is 6.50. The van der Waals surface area contributed by atoms with Crippen molar-refractivity contribution in [2.24, 2.45) is 0 Å². The predicted octanol–water partition coefficient (Wildman–Crippen LogP) is 1.77. The van der Waals surface area contributed by atoms with Crippen LogP contribution in [0.1, 0.15) is 42.2 Å². The zero-order valence-electron chi connectivity index (χ0n) is 12.1. The number of carbonyl (C=O) groups excluding carboxylic acids is 1. The fourth-order valence-corrected chi connectivity index (χ4v) is 3.45. The van der Waals surface area contributed by atoms with E-state index >= 15 is 0 Å². The molecule has 0 bridgehead atoms. The average molecular weight is 356 g/mol. The number of aromatic nitrogens is 1. The lowest BCUT2D eigenvalue weighted by atomic mass is 10.2. The van der Waals surface area contributed by atoms with Crippen LogP contribution >= 0.6 is 15.9 Å². The van der Waals surface area contributed by atoms with Gasteiger partial charge >= 0.3 is 0 Å². The van der Waals surface area contributed by atoms with Gasteiger partial charge in [0.15, 0.2) is 0 Å². The van der Waals surface area contributed by atoms with Gasteiger partial charge < -0.3 is 19.9 Å². The number of amides is 1. The van der Waals surface area contributed by atoms with Gasteiger partial charge in [-0.05, 0) is 54.2 Å². The van der Waals surface area contributed by atoms with E-state index in [0.29, 0.717) is 25.2 Å². The average Bonchev–Trinajstić information content (AvgIpc) is 3.04. The highest BCUT2D eigenvalue weighted by molar-refractivity contribution is 9.10. The maximum atomic E-state index is 12.8. The van der Waals surface area contributed by atoms with Crippen molar-refractivity contribution in [2.45, 2.75) is 37.8 Å². The summed E-state index contributed by atoms with van der Waals surface area (Å²) in [5.41, 5.74) is 0.732. The summed E-state index contributed by atoms with van der Waals surface area (Å²) in [5.74, 6) is 0.0235. The van der Waals surface area contributed by atoms with E-state index in [9.17, 15) is 9.90 Å². The van der Waals surface area contributed by atoms with E-state index in [-0.39, 0.29) is 12.5 Å². The molecule has 6 heteroatoms. The quantitative estimate of drug-likeness (QED) is 0.817. The molecule has 2 aliphatic rings. The molecule has 1 atom stereocenters. The first-order valence-electron chi connectivity index (χ1n) is 7.70. The third-order valence-electron chi connectivity index (χ3n) is 4.23. The molecule has 1 saturated heterocycles. The third kappa shape index (κ3) is 3.49. The molecule has 0 aromatic carbocycles. The molecule has 2 fully saturated rings. The summed E-state index contributed by atoms with van der Waals surface area (Å²) >= 11 is 3.47. The van der Waals surface area contributed by atoms with Gasteiger partial charge in [0.05, 0.1) is 6.61 Å². The molecule has 3 rings (SSSR count). The van der Waals surface area contributed by atoms with Crippen LogP contribution in [-0.2, 0) is 0 Å². The Hall–Kier alpha value is -0.850. The Balaban J connectivity index is 1.76. The van der Waals surface area contributed by atoms with Crippen molar-refractivity contribution in [3.63, 3.8) is 0 Å². The lowest BCUT2D eigenvalue weighted by Crippen LogP contribution is -2.43. The minimum absolute atomic E-state index is 0.00374. The Morgan fingerprint density at radius 2 is 2.29 bits per heavy atom. The molecule has 1 aliphatic carbocycles. The summed E-state index contributed by atoms with van der Waals surface area (Å²) < 4.78 is 3.03. The number of hydrogen-bond acceptors (Lipinski definition) is 3. The van der Waals surface area contributed by atoms with E-state index in [0.717, 1.165) is 42.4 Å². The third-order valence-corrected chi connectivity index (χ3v) is 4.67. The topological polar surface area (TPSA) is 57.5 Å². The molecule has 1 aromatic rings. The number of hydrogen-bond donors (Lipinski definition) is 2. The van der Waals surface area contributed by atoms with E-state index in [1.54, 1.807) is 4.90 Å². The molecule has 1 aromatic heterocycles. The fraction of sp³-hybridized carbons (Fsp3) is 0.667. The largest absolute Gasteiger partial charge is 0.395 e. The number of nitrogens with one attached hydrogen (secondary N) is 1. The maximum Gasteiger partial charge on any atom is 0.270 e. The lowest BCUT2D eigenvalue weighted by Gasteiger charge is -2.25. The minimum atomic E-state index is 0.00374. The Labute approximate surface area is 133 Å². The van der Waals surface area contributed by atoms with Gasteiger partial charge in [0.1, 0.15) is 5.69 Å². The summed E-state index contributed by atoms with van der Waals surface area (Å²) in [6, 6.07) is 2.72. The molecule has 2 heterocycles. The van der Waals surface area contributed by atoms with Crippen LogP contribution in [0.3, 0.4) is 0 Å². The number of aliphatic hydroxyl groups is 1. The van der Waals surface area contributed by atoms with Crippen LogP contribution in [0, 0.1) is 0 Å². The Morgan fingerprint density at radius 3 is 2.90 bits per heavy atom. The van der Waals surface area contributed by atoms with Crippen LogP contribution in [0.5, 0.6) is 0 Å². The Morgan fingerprint density at radius 1 is 1.48 bits per heavy atom. The molecule has 21 heavy (non-hydrogen) atoms. The van der Waals surface area contributed by atoms with Crippen LogP contribution in [0.4, 0.5) is 0 Å². The van der Waals surface area contributed by atoms with Gasteiger partial charge in [-0.15, -0.1) is 0 Å². The normalized spacial score (nSPS) is 21.7. The van der Waals surface area contributed by atoms with Crippen LogP contribution in [-0.4, -0.2) is 52.8 Å². The highest BCUT2D eigenvalue weighted by Crippen LogP contribution is 2.37. The van der Waals surface area contributed by atoms with Gasteiger partial charge in [-0.1, -0.05) is 0 Å². The number of nitrogens with zero attached hydrogens (tertiary/aromatic N) is 2. The van der Waals surface area contributed by atoms with Crippen molar-refractivity contribution in [2.75, 3.05) is 26.2 Å². The number of carbonyl (C=O) groups is 1. The standard InChI is InChI=1S/C15H22BrN3O2/c16-11-8-14(19(9-11)13-3-4-13)15(21)18(6-7-20)10-12-2-1-5-17-12/h8-9,12-13,17,20H,1-7,10H2. The van der Waals surface area contributed by atoms with E-state index in [1.165, 1.54) is 0 Å². The molecule has 0 radical (unpaired) electrons. The van der Waals surface area contributed by atoms with Crippen molar-refractivity contribution in [3.05, 3.63) is 22.4 Å². The second-order valence-corrected chi connectivity index (χ2v) is 6.87. The monoisotopic (exact) mass is 355 g/mol. The van der Waals surface area contributed by atoms with Crippen LogP contribution in [0.15, 0.2) is 16.7 Å². The van der Waals surface area contributed by atoms with Crippen LogP contribution in [0.25, 0.3) is 0 Å². The van der Waals surface area contributed by atoms with Gasteiger partial charge in [0.25, 0.3) is 5.91 Å². The van der Waals surface area contributed by atoms with Gasteiger partial charge in [-0.25, -0.2) is 0 Å². The van der Waals surface area contributed by atoms with E-state index in [2.05, 4.69) is 25.8 Å². The molecular formula is C15H22BrN3O2. The van der Waals surface area contributed by atoms with Crippen molar-refractivity contribution in [1.82, 2.24) is 14.8 Å². The van der Waals surface area contributed by atoms with Crippen molar-refractivity contribution in [1.29, 1.82) is 0 Å². The highest BCUT2D eigenvalue weighted by atomic mass is 79.9. The predicted molar refractivity (Wildman–Crippen MR) is 84.4 cm³/mol. The zero-order valence-corrected chi connectivity index (χ0v) is 13.7. The zero-order chi connectivity index (χ0) is 14.8. The number of aliphatic hydroxyl groups excluding tert-OH is 1. The first-order valence-corrected chi connectivity index (χ1v) is 8.49. The van der Waals surface area contributed by atoms with Gasteiger partial charge in [-0.2, -0.15) is 0 Å². The highest BCUT2D eigenvalue weighted by Gasteiger charge is 2.30. The first-order chi connectivity index (χ1) is 10.2. The summed E-state index contributed by atoms with van der Waals surface area (Å²) in [6.07, 6.45) is 6.55.